The van der Waals surface area contributed by atoms with Crippen molar-refractivity contribution in [1.29, 1.82) is 0 Å². The number of rotatable bonds is 3. The Hall–Kier alpha value is -0.230. The molecule has 1 aliphatic heterocycles. The van der Waals surface area contributed by atoms with Crippen LogP contribution in [0.15, 0.2) is 0 Å². The first-order valence-corrected chi connectivity index (χ1v) is 5.98. The third-order valence-electron chi connectivity index (χ3n) is 2.31. The van der Waals surface area contributed by atoms with Crippen molar-refractivity contribution in [3.63, 3.8) is 0 Å². The molecule has 1 saturated heterocycles. The lowest BCUT2D eigenvalue weighted by Crippen LogP contribution is -2.31. The molecule has 0 amide bonds. The zero-order chi connectivity index (χ0) is 10.1. The van der Waals surface area contributed by atoms with Gasteiger partial charge >= 0.3 is 0 Å². The number of alkyl halides is 2. The van der Waals surface area contributed by atoms with Crippen LogP contribution in [0, 0.1) is 5.92 Å². The smallest absolute Gasteiger partial charge is 0.253 e. The highest BCUT2D eigenvalue weighted by molar-refractivity contribution is 7.91. The second kappa shape index (κ2) is 3.49. The Kier molecular flexibility index (Phi) is 2.91. The summed E-state index contributed by atoms with van der Waals surface area (Å²) in [4.78, 5) is 0. The van der Waals surface area contributed by atoms with Gasteiger partial charge in [-0.3, -0.25) is 0 Å². The Bertz CT molecular complexity index is 276. The van der Waals surface area contributed by atoms with E-state index in [9.17, 15) is 17.2 Å². The van der Waals surface area contributed by atoms with Gasteiger partial charge in [-0.15, -0.1) is 0 Å². The summed E-state index contributed by atoms with van der Waals surface area (Å²) in [6.45, 7) is -0.108. The quantitative estimate of drug-likeness (QED) is 0.738. The van der Waals surface area contributed by atoms with E-state index in [2.05, 4.69) is 0 Å². The first kappa shape index (κ1) is 10.8. The van der Waals surface area contributed by atoms with Crippen molar-refractivity contribution < 1.29 is 17.2 Å². The van der Waals surface area contributed by atoms with Crippen molar-refractivity contribution in [2.75, 3.05) is 18.1 Å². The van der Waals surface area contributed by atoms with Gasteiger partial charge in [-0.1, -0.05) is 0 Å². The van der Waals surface area contributed by atoms with E-state index in [0.29, 0.717) is 0 Å². The van der Waals surface area contributed by atoms with E-state index in [4.69, 9.17) is 5.73 Å². The molecule has 1 rings (SSSR count). The van der Waals surface area contributed by atoms with Crippen molar-refractivity contribution in [2.24, 2.45) is 11.7 Å². The number of hydrogen-bond donors (Lipinski definition) is 1. The van der Waals surface area contributed by atoms with Crippen LogP contribution in [0.25, 0.3) is 0 Å². The van der Waals surface area contributed by atoms with Gasteiger partial charge in [0.15, 0.2) is 9.84 Å². The Balaban J connectivity index is 2.65. The topological polar surface area (TPSA) is 60.2 Å². The van der Waals surface area contributed by atoms with E-state index in [1.807, 2.05) is 0 Å². The van der Waals surface area contributed by atoms with Gasteiger partial charge in [-0.2, -0.15) is 0 Å². The van der Waals surface area contributed by atoms with E-state index in [1.54, 1.807) is 0 Å². The summed E-state index contributed by atoms with van der Waals surface area (Å²) in [6.07, 6.45) is -0.359. The zero-order valence-electron chi connectivity index (χ0n) is 7.17. The molecule has 0 aliphatic carbocycles. The van der Waals surface area contributed by atoms with E-state index in [-0.39, 0.29) is 24.5 Å². The Morgan fingerprint density at radius 1 is 1.46 bits per heavy atom. The highest BCUT2D eigenvalue weighted by Crippen LogP contribution is 2.35. The van der Waals surface area contributed by atoms with Crippen LogP contribution in [0.3, 0.4) is 0 Å². The predicted molar refractivity (Wildman–Crippen MR) is 45.4 cm³/mol. The lowest BCUT2D eigenvalue weighted by Gasteiger charge is -2.20. The lowest BCUT2D eigenvalue weighted by atomic mass is 9.98. The van der Waals surface area contributed by atoms with Gasteiger partial charge < -0.3 is 5.73 Å². The van der Waals surface area contributed by atoms with E-state index < -0.39 is 28.1 Å². The summed E-state index contributed by atoms with van der Waals surface area (Å²) < 4.78 is 48.1. The van der Waals surface area contributed by atoms with Gasteiger partial charge in [0, 0.05) is 12.3 Å². The number of nitrogens with two attached hydrogens (primary N) is 1. The maximum Gasteiger partial charge on any atom is 0.253 e. The van der Waals surface area contributed by atoms with Crippen molar-refractivity contribution in [3.05, 3.63) is 0 Å². The Morgan fingerprint density at radius 2 is 2.08 bits per heavy atom. The fraction of sp³-hybridized carbons (Fsp3) is 1.00. The minimum absolute atomic E-state index is 0.0648. The van der Waals surface area contributed by atoms with Crippen LogP contribution in [0.1, 0.15) is 12.8 Å². The van der Waals surface area contributed by atoms with E-state index in [1.165, 1.54) is 0 Å². The molecule has 1 unspecified atom stereocenters. The normalized spacial score (nSPS) is 27.8. The second-order valence-electron chi connectivity index (χ2n) is 3.40. The molecule has 0 bridgehead atoms. The highest BCUT2D eigenvalue weighted by Gasteiger charge is 2.44. The Morgan fingerprint density at radius 3 is 2.46 bits per heavy atom. The molecule has 0 spiro atoms. The standard InChI is InChI=1S/C7H13F2NO2S/c8-7(9,2-3-10)6-1-4-13(11,12)5-6/h6H,1-5,10H2. The number of hydrogen-bond acceptors (Lipinski definition) is 3. The van der Waals surface area contributed by atoms with Crippen LogP contribution < -0.4 is 5.73 Å². The van der Waals surface area contributed by atoms with Crippen LogP contribution in [-0.2, 0) is 9.84 Å². The number of halogens is 2. The molecular formula is C7H13F2NO2S. The molecule has 0 saturated carbocycles. The molecule has 0 aromatic heterocycles. The summed E-state index contributed by atoms with van der Waals surface area (Å²) in [7, 11) is -3.22. The monoisotopic (exact) mass is 213 g/mol. The molecule has 1 aliphatic rings. The molecule has 3 nitrogen and oxygen atoms in total. The molecular weight excluding hydrogens is 200 g/mol. The largest absolute Gasteiger partial charge is 0.330 e. The van der Waals surface area contributed by atoms with Gasteiger partial charge in [0.1, 0.15) is 0 Å². The SMILES string of the molecule is NCCC(F)(F)C1CCS(=O)(=O)C1. The van der Waals surface area contributed by atoms with Gasteiger partial charge in [0.05, 0.1) is 11.5 Å². The summed E-state index contributed by atoms with van der Waals surface area (Å²) in [5, 5.41) is 0. The fourth-order valence-corrected chi connectivity index (χ4v) is 3.36. The maximum atomic E-state index is 13.1. The van der Waals surface area contributed by atoms with Gasteiger partial charge in [-0.05, 0) is 13.0 Å². The van der Waals surface area contributed by atoms with Crippen molar-refractivity contribution in [3.8, 4) is 0 Å². The maximum absolute atomic E-state index is 13.1. The summed E-state index contributed by atoms with van der Waals surface area (Å²) >= 11 is 0. The minimum atomic E-state index is -3.22. The van der Waals surface area contributed by atoms with Crippen molar-refractivity contribution in [1.82, 2.24) is 0 Å². The first-order chi connectivity index (χ1) is 5.87. The Labute approximate surface area is 76.2 Å². The first-order valence-electron chi connectivity index (χ1n) is 4.16. The van der Waals surface area contributed by atoms with Crippen LogP contribution in [0.5, 0.6) is 0 Å². The minimum Gasteiger partial charge on any atom is -0.330 e. The average Bonchev–Trinajstić information content (AvgIpc) is 2.30. The summed E-state index contributed by atoms with van der Waals surface area (Å²) in [5.74, 6) is -4.45. The number of sulfone groups is 1. The highest BCUT2D eigenvalue weighted by atomic mass is 32.2. The van der Waals surface area contributed by atoms with Gasteiger partial charge in [0.2, 0.25) is 0 Å². The molecule has 1 fully saturated rings. The molecule has 0 aromatic carbocycles. The summed E-state index contributed by atoms with van der Waals surface area (Å²) in [5.41, 5.74) is 5.02. The average molecular weight is 213 g/mol. The molecule has 0 aromatic rings. The lowest BCUT2D eigenvalue weighted by molar-refractivity contribution is -0.0536. The van der Waals surface area contributed by atoms with Crippen LogP contribution >= 0.6 is 0 Å². The third kappa shape index (κ3) is 2.60. The van der Waals surface area contributed by atoms with Crippen LogP contribution in [-0.4, -0.2) is 32.4 Å². The van der Waals surface area contributed by atoms with E-state index >= 15 is 0 Å². The third-order valence-corrected chi connectivity index (χ3v) is 4.08. The predicted octanol–water partition coefficient (Wildman–Crippen LogP) is 0.405. The van der Waals surface area contributed by atoms with Crippen LogP contribution in [0.4, 0.5) is 8.78 Å². The zero-order valence-corrected chi connectivity index (χ0v) is 7.99. The van der Waals surface area contributed by atoms with Gasteiger partial charge in [-0.25, -0.2) is 17.2 Å². The van der Waals surface area contributed by atoms with Crippen LogP contribution in [0.2, 0.25) is 0 Å². The fourth-order valence-electron chi connectivity index (χ4n) is 1.52. The summed E-state index contributed by atoms with van der Waals surface area (Å²) in [6, 6.07) is 0. The van der Waals surface area contributed by atoms with Gasteiger partial charge in [0.25, 0.3) is 5.92 Å². The molecule has 6 heteroatoms. The molecule has 2 N–H and O–H groups in total. The van der Waals surface area contributed by atoms with E-state index in [0.717, 1.165) is 0 Å². The molecule has 0 radical (unpaired) electrons. The molecule has 13 heavy (non-hydrogen) atoms. The molecule has 1 atom stereocenters. The van der Waals surface area contributed by atoms with Crippen molar-refractivity contribution >= 4 is 9.84 Å². The molecule has 1 heterocycles. The van der Waals surface area contributed by atoms with Crippen molar-refractivity contribution in [2.45, 2.75) is 18.8 Å². The molecule has 78 valence electrons. The second-order valence-corrected chi connectivity index (χ2v) is 5.63.